The van der Waals surface area contributed by atoms with E-state index in [9.17, 15) is 4.79 Å². The lowest BCUT2D eigenvalue weighted by atomic mass is 10.0. The lowest BCUT2D eigenvalue weighted by molar-refractivity contribution is 0.0209. The van der Waals surface area contributed by atoms with Gasteiger partial charge in [0.15, 0.2) is 19.9 Å². The molecule has 0 atom stereocenters. The van der Waals surface area contributed by atoms with E-state index in [4.69, 9.17) is 28.4 Å². The van der Waals surface area contributed by atoms with Gasteiger partial charge in [-0.15, -0.1) is 0 Å². The lowest BCUT2D eigenvalue weighted by Gasteiger charge is -2.21. The number of fused-ring (bicyclic) bond motifs is 1. The zero-order chi connectivity index (χ0) is 26.2. The topological polar surface area (TPSA) is 72.5 Å². The molecule has 35 heavy (non-hydrogen) atoms. The smallest absolute Gasteiger partial charge is 0.189 e. The molecule has 0 aromatic heterocycles. The van der Waals surface area contributed by atoms with E-state index in [0.717, 1.165) is 18.4 Å². The van der Waals surface area contributed by atoms with Crippen LogP contribution in [0.25, 0.3) is 10.8 Å². The lowest BCUT2D eigenvalue weighted by Crippen LogP contribution is -2.22. The summed E-state index contributed by atoms with van der Waals surface area (Å²) in [7, 11) is 0.664. The second kappa shape index (κ2) is 13.1. The highest BCUT2D eigenvalue weighted by Gasteiger charge is 2.25. The monoisotopic (exact) mass is 586 g/mol. The molecule has 2 aromatic rings. The molecule has 0 saturated heterocycles. The van der Waals surface area contributed by atoms with Gasteiger partial charge in [-0.2, -0.15) is 0 Å². The quantitative estimate of drug-likeness (QED) is 0.0981. The first-order valence-electron chi connectivity index (χ1n) is 11.7. The fourth-order valence-corrected chi connectivity index (χ4v) is 5.46. The van der Waals surface area contributed by atoms with Gasteiger partial charge in [-0.05, 0) is 40.2 Å². The van der Waals surface area contributed by atoms with Gasteiger partial charge in [0.2, 0.25) is 0 Å². The van der Waals surface area contributed by atoms with Gasteiger partial charge in [0.05, 0.1) is 35.0 Å². The molecule has 0 saturated carbocycles. The molecule has 196 valence electrons. The number of benzene rings is 2. The van der Waals surface area contributed by atoms with Crippen molar-refractivity contribution >= 4 is 49.1 Å². The molecule has 0 unspecified atom stereocenters. The fourth-order valence-electron chi connectivity index (χ4n) is 3.32. The first kappa shape index (κ1) is 29.6. The molecule has 0 aliphatic rings. The van der Waals surface area contributed by atoms with Crippen LogP contribution in [0.1, 0.15) is 10.4 Å². The highest BCUT2D eigenvalue weighted by atomic mass is 79.9. The van der Waals surface area contributed by atoms with Crippen LogP contribution in [0.3, 0.4) is 0 Å². The average molecular weight is 588 g/mol. The number of aldehydes is 1. The van der Waals surface area contributed by atoms with Gasteiger partial charge in [-0.1, -0.05) is 39.3 Å². The molecule has 0 fully saturated rings. The third-order valence-corrected chi connectivity index (χ3v) is 9.57. The molecular formula is C25H39BrO7Si2. The number of ether oxygens (including phenoxy) is 6. The fraction of sp³-hybridized carbons (Fsp3) is 0.560. The summed E-state index contributed by atoms with van der Waals surface area (Å²) in [5.74, 6) is 1.86. The molecule has 2 rings (SSSR count). The Morgan fingerprint density at radius 2 is 1.20 bits per heavy atom. The Hall–Kier alpha value is -1.60. The Morgan fingerprint density at radius 1 is 0.771 bits per heavy atom. The number of carbonyl (C=O) groups excluding carboxylic acids is 1. The molecule has 10 heteroatoms. The molecule has 0 bridgehead atoms. The molecule has 0 amide bonds. The Kier molecular flexibility index (Phi) is 11.1. The van der Waals surface area contributed by atoms with E-state index < -0.39 is 16.1 Å². The highest BCUT2D eigenvalue weighted by Crippen LogP contribution is 2.50. The van der Waals surface area contributed by atoms with Crippen molar-refractivity contribution in [3.8, 4) is 23.0 Å². The molecule has 0 aliphatic carbocycles. The van der Waals surface area contributed by atoms with Crippen LogP contribution in [0.15, 0.2) is 16.6 Å². The summed E-state index contributed by atoms with van der Waals surface area (Å²) in [4.78, 5) is 12.0. The molecule has 0 aliphatic heterocycles. The van der Waals surface area contributed by atoms with Gasteiger partial charge in [0.1, 0.15) is 23.0 Å². The van der Waals surface area contributed by atoms with Crippen molar-refractivity contribution in [2.45, 2.75) is 51.4 Å². The second-order valence-corrected chi connectivity index (χ2v) is 22.7. The van der Waals surface area contributed by atoms with Crippen LogP contribution in [0, 0.1) is 0 Å². The van der Waals surface area contributed by atoms with Crippen molar-refractivity contribution in [3.05, 3.63) is 22.2 Å². The Balaban J connectivity index is 2.41. The zero-order valence-electron chi connectivity index (χ0n) is 22.2. The predicted molar refractivity (Wildman–Crippen MR) is 149 cm³/mol. The molecule has 0 N–H and O–H groups in total. The predicted octanol–water partition coefficient (Wildman–Crippen LogP) is 6.81. The summed E-state index contributed by atoms with van der Waals surface area (Å²) in [5.41, 5.74) is 0.324. The number of halogens is 1. The first-order chi connectivity index (χ1) is 16.4. The van der Waals surface area contributed by atoms with E-state index in [1.165, 1.54) is 7.11 Å². The van der Waals surface area contributed by atoms with Gasteiger partial charge in [-0.25, -0.2) is 0 Å². The molecule has 2 aromatic carbocycles. The second-order valence-electron chi connectivity index (χ2n) is 10.7. The minimum absolute atomic E-state index is 0.0809. The first-order valence-corrected chi connectivity index (χ1v) is 19.9. The van der Waals surface area contributed by atoms with Crippen LogP contribution in [-0.4, -0.2) is 63.5 Å². The van der Waals surface area contributed by atoms with Crippen molar-refractivity contribution in [2.24, 2.45) is 0 Å². The third-order valence-electron chi connectivity index (χ3n) is 5.38. The number of hydrogen-bond donors (Lipinski definition) is 0. The van der Waals surface area contributed by atoms with E-state index >= 15 is 0 Å². The molecule has 0 radical (unpaired) electrons. The minimum atomic E-state index is -1.20. The van der Waals surface area contributed by atoms with Gasteiger partial charge in [-0.3, -0.25) is 4.79 Å². The summed E-state index contributed by atoms with van der Waals surface area (Å²) in [6.45, 7) is 15.3. The van der Waals surface area contributed by atoms with Crippen LogP contribution in [0.5, 0.6) is 23.0 Å². The van der Waals surface area contributed by atoms with Crippen molar-refractivity contribution < 1.29 is 33.2 Å². The largest absolute Gasteiger partial charge is 0.495 e. The summed E-state index contributed by atoms with van der Waals surface area (Å²) < 4.78 is 35.3. The summed E-state index contributed by atoms with van der Waals surface area (Å²) in [5, 5.41) is 1.19. The normalized spacial score (nSPS) is 12.0. The SMILES string of the molecule is COc1c(Br)c(C=O)c(OC)c2c(OCOCC[Si](C)(C)C)ccc(OCOCC[Si](C)(C)C)c12. The van der Waals surface area contributed by atoms with Crippen molar-refractivity contribution in [1.29, 1.82) is 0 Å². The van der Waals surface area contributed by atoms with E-state index in [0.29, 0.717) is 57.0 Å². The number of rotatable bonds is 15. The molecule has 7 nitrogen and oxygen atoms in total. The van der Waals surface area contributed by atoms with Crippen LogP contribution >= 0.6 is 15.9 Å². The van der Waals surface area contributed by atoms with Crippen molar-refractivity contribution in [1.82, 2.24) is 0 Å². The Bertz CT molecular complexity index is 1000. The van der Waals surface area contributed by atoms with Crippen LogP contribution in [0.2, 0.25) is 51.4 Å². The Labute approximate surface area is 219 Å². The molecular weight excluding hydrogens is 548 g/mol. The summed E-state index contributed by atoms with van der Waals surface area (Å²) in [6.07, 6.45) is 0.728. The average Bonchev–Trinajstić information content (AvgIpc) is 2.77. The van der Waals surface area contributed by atoms with Crippen molar-refractivity contribution in [2.75, 3.05) is 41.0 Å². The molecule has 0 spiro atoms. The zero-order valence-corrected chi connectivity index (χ0v) is 25.8. The maximum Gasteiger partial charge on any atom is 0.189 e. The van der Waals surface area contributed by atoms with Crippen LogP contribution in [-0.2, 0) is 9.47 Å². The summed E-state index contributed by atoms with van der Waals surface area (Å²) in [6, 6.07) is 5.68. The van der Waals surface area contributed by atoms with Gasteiger partial charge >= 0.3 is 0 Å². The van der Waals surface area contributed by atoms with Gasteiger partial charge in [0, 0.05) is 29.4 Å². The van der Waals surface area contributed by atoms with E-state index in [1.54, 1.807) is 19.2 Å². The van der Waals surface area contributed by atoms with Crippen LogP contribution in [0.4, 0.5) is 0 Å². The number of carbonyl (C=O) groups is 1. The maximum absolute atomic E-state index is 12.0. The Morgan fingerprint density at radius 3 is 1.57 bits per heavy atom. The minimum Gasteiger partial charge on any atom is -0.495 e. The van der Waals surface area contributed by atoms with E-state index in [2.05, 4.69) is 55.2 Å². The third kappa shape index (κ3) is 8.49. The maximum atomic E-state index is 12.0. The van der Waals surface area contributed by atoms with Crippen LogP contribution < -0.4 is 18.9 Å². The molecule has 0 heterocycles. The van der Waals surface area contributed by atoms with Crippen molar-refractivity contribution in [3.63, 3.8) is 0 Å². The van der Waals surface area contributed by atoms with Gasteiger partial charge < -0.3 is 28.4 Å². The van der Waals surface area contributed by atoms with E-state index in [1.807, 2.05) is 0 Å². The number of hydrogen-bond acceptors (Lipinski definition) is 7. The number of methoxy groups -OCH3 is 2. The summed E-state index contributed by atoms with van der Waals surface area (Å²) >= 11 is 3.50. The van der Waals surface area contributed by atoms with Gasteiger partial charge in [0.25, 0.3) is 0 Å². The highest BCUT2D eigenvalue weighted by molar-refractivity contribution is 9.10. The standard InChI is InChI=1S/C25H39BrO7Si2/c1-28-24-18(15-27)23(26)25(29-2)22-20(33-17-31-12-14-35(6,7)8)10-9-19(21(22)24)32-16-30-11-13-34(3,4)5/h9-10,15H,11-14,16-17H2,1-8H3. The van der Waals surface area contributed by atoms with E-state index in [-0.39, 0.29) is 13.6 Å².